The van der Waals surface area contributed by atoms with Crippen LogP contribution in [0.15, 0.2) is 47.4 Å². The minimum atomic E-state index is -1.36. The van der Waals surface area contributed by atoms with Gasteiger partial charge in [-0.25, -0.2) is 4.79 Å². The van der Waals surface area contributed by atoms with Crippen molar-refractivity contribution >= 4 is 40.4 Å². The van der Waals surface area contributed by atoms with E-state index in [9.17, 15) is 0 Å². The molecule has 0 radical (unpaired) electrons. The maximum absolute atomic E-state index is 8.77. The van der Waals surface area contributed by atoms with Crippen molar-refractivity contribution in [2.75, 3.05) is 0 Å². The van der Waals surface area contributed by atoms with E-state index in [1.165, 1.54) is 10.8 Å². The van der Waals surface area contributed by atoms with Crippen molar-refractivity contribution in [3.8, 4) is 0 Å². The van der Waals surface area contributed by atoms with Crippen LogP contribution in [0.25, 0.3) is 10.8 Å². The van der Waals surface area contributed by atoms with Crippen molar-refractivity contribution in [1.29, 1.82) is 0 Å². The number of carbonyl (C=O) groups is 1. The van der Waals surface area contributed by atoms with Crippen LogP contribution >= 0.6 is 24.2 Å². The van der Waals surface area contributed by atoms with Gasteiger partial charge in [0.1, 0.15) is 0 Å². The second-order valence-corrected chi connectivity index (χ2v) is 3.56. The SMILES string of the molecule is O=C(O)Cl.Sc1cccc2ccccc12. The Morgan fingerprint density at radius 1 is 1.13 bits per heavy atom. The molecule has 0 heterocycles. The fourth-order valence-corrected chi connectivity index (χ4v) is 1.50. The highest BCUT2D eigenvalue weighted by molar-refractivity contribution is 7.80. The van der Waals surface area contributed by atoms with Gasteiger partial charge >= 0.3 is 5.43 Å². The second-order valence-electron chi connectivity index (χ2n) is 2.75. The Balaban J connectivity index is 0.000000245. The van der Waals surface area contributed by atoms with Crippen molar-refractivity contribution in [2.24, 2.45) is 0 Å². The fourth-order valence-electron chi connectivity index (χ4n) is 1.21. The molecule has 0 fully saturated rings. The van der Waals surface area contributed by atoms with Gasteiger partial charge in [0, 0.05) is 16.5 Å². The molecule has 0 spiro atoms. The van der Waals surface area contributed by atoms with Crippen LogP contribution in [0.1, 0.15) is 0 Å². The lowest BCUT2D eigenvalue weighted by molar-refractivity contribution is 0.220. The van der Waals surface area contributed by atoms with E-state index in [-0.39, 0.29) is 0 Å². The second kappa shape index (κ2) is 5.63. The van der Waals surface area contributed by atoms with Gasteiger partial charge in [0.15, 0.2) is 0 Å². The van der Waals surface area contributed by atoms with Crippen molar-refractivity contribution < 1.29 is 9.90 Å². The average Bonchev–Trinajstić information content (AvgIpc) is 2.18. The van der Waals surface area contributed by atoms with Crippen LogP contribution in [0.2, 0.25) is 0 Å². The summed E-state index contributed by atoms with van der Waals surface area (Å²) in [5.74, 6) is 0. The molecule has 0 bridgehead atoms. The van der Waals surface area contributed by atoms with Crippen molar-refractivity contribution in [2.45, 2.75) is 4.90 Å². The molecule has 4 heteroatoms. The minimum Gasteiger partial charge on any atom is -0.469 e. The number of rotatable bonds is 0. The Morgan fingerprint density at radius 2 is 1.67 bits per heavy atom. The Bertz CT molecular complexity index is 462. The molecular weight excluding hydrogens is 232 g/mol. The number of fused-ring (bicyclic) bond motifs is 1. The van der Waals surface area contributed by atoms with Crippen LogP contribution in [-0.2, 0) is 0 Å². The van der Waals surface area contributed by atoms with E-state index in [0.717, 1.165) is 4.90 Å². The lowest BCUT2D eigenvalue weighted by atomic mass is 10.1. The summed E-state index contributed by atoms with van der Waals surface area (Å²) in [6, 6.07) is 14.4. The first kappa shape index (κ1) is 11.9. The van der Waals surface area contributed by atoms with E-state index >= 15 is 0 Å². The molecule has 0 aliphatic heterocycles. The van der Waals surface area contributed by atoms with Gasteiger partial charge in [-0.1, -0.05) is 36.4 Å². The van der Waals surface area contributed by atoms with E-state index in [2.05, 4.69) is 42.4 Å². The third-order valence-electron chi connectivity index (χ3n) is 1.77. The third-order valence-corrected chi connectivity index (χ3v) is 2.16. The zero-order valence-corrected chi connectivity index (χ0v) is 9.37. The molecule has 0 atom stereocenters. The molecule has 2 nitrogen and oxygen atoms in total. The summed E-state index contributed by atoms with van der Waals surface area (Å²) in [6.45, 7) is 0. The van der Waals surface area contributed by atoms with E-state index in [4.69, 9.17) is 9.90 Å². The Kier molecular flexibility index (Phi) is 4.46. The molecule has 0 aromatic heterocycles. The summed E-state index contributed by atoms with van der Waals surface area (Å²) in [5.41, 5.74) is -1.36. The molecule has 2 rings (SSSR count). The maximum Gasteiger partial charge on any atom is 0.401 e. The first-order valence-electron chi connectivity index (χ1n) is 4.16. The monoisotopic (exact) mass is 240 g/mol. The lowest BCUT2D eigenvalue weighted by Crippen LogP contribution is -1.71. The van der Waals surface area contributed by atoms with Crippen LogP contribution < -0.4 is 0 Å². The molecule has 0 unspecified atom stereocenters. The number of hydrogen-bond donors (Lipinski definition) is 2. The van der Waals surface area contributed by atoms with Crippen molar-refractivity contribution in [3.05, 3.63) is 42.5 Å². The fraction of sp³-hybridized carbons (Fsp3) is 0. The molecule has 0 saturated heterocycles. The predicted octanol–water partition coefficient (Wildman–Crippen LogP) is 4.03. The van der Waals surface area contributed by atoms with Gasteiger partial charge in [-0.3, -0.25) is 0 Å². The van der Waals surface area contributed by atoms with Gasteiger partial charge < -0.3 is 5.11 Å². The van der Waals surface area contributed by atoms with E-state index in [1.54, 1.807) is 0 Å². The molecule has 78 valence electrons. The van der Waals surface area contributed by atoms with Crippen LogP contribution in [0.5, 0.6) is 0 Å². The zero-order chi connectivity index (χ0) is 11.3. The number of benzene rings is 2. The molecule has 0 aliphatic carbocycles. The summed E-state index contributed by atoms with van der Waals surface area (Å²) in [4.78, 5) is 9.81. The molecular formula is C11H9ClO2S. The van der Waals surface area contributed by atoms with Crippen LogP contribution in [0, 0.1) is 0 Å². The highest BCUT2D eigenvalue weighted by Crippen LogP contribution is 2.20. The molecule has 0 aliphatic rings. The smallest absolute Gasteiger partial charge is 0.401 e. The van der Waals surface area contributed by atoms with Crippen LogP contribution in [-0.4, -0.2) is 10.5 Å². The summed E-state index contributed by atoms with van der Waals surface area (Å²) >= 11 is 8.54. The summed E-state index contributed by atoms with van der Waals surface area (Å²) in [7, 11) is 0. The molecule has 15 heavy (non-hydrogen) atoms. The quantitative estimate of drug-likeness (QED) is 0.539. The van der Waals surface area contributed by atoms with Gasteiger partial charge in [-0.15, -0.1) is 12.6 Å². The Hall–Kier alpha value is -1.19. The molecule has 0 saturated carbocycles. The highest BCUT2D eigenvalue weighted by atomic mass is 35.5. The number of hydrogen-bond acceptors (Lipinski definition) is 2. The topological polar surface area (TPSA) is 37.3 Å². The predicted molar refractivity (Wildman–Crippen MR) is 65.1 cm³/mol. The van der Waals surface area contributed by atoms with Gasteiger partial charge in [-0.05, 0) is 16.8 Å². The summed E-state index contributed by atoms with van der Waals surface area (Å²) < 4.78 is 0. The lowest BCUT2D eigenvalue weighted by Gasteiger charge is -1.98. The third kappa shape index (κ3) is 3.81. The Labute approximate surface area is 97.9 Å². The molecule has 2 aromatic carbocycles. The van der Waals surface area contributed by atoms with Gasteiger partial charge in [0.2, 0.25) is 0 Å². The summed E-state index contributed by atoms with van der Waals surface area (Å²) in [6.07, 6.45) is 0. The maximum atomic E-state index is 8.77. The van der Waals surface area contributed by atoms with E-state index in [1.807, 2.05) is 24.3 Å². The minimum absolute atomic E-state index is 1.04. The number of carboxylic acid groups (broad SMARTS) is 1. The van der Waals surface area contributed by atoms with Crippen LogP contribution in [0.4, 0.5) is 4.79 Å². The first-order valence-corrected chi connectivity index (χ1v) is 4.99. The molecule has 1 N–H and O–H groups in total. The van der Waals surface area contributed by atoms with E-state index < -0.39 is 5.43 Å². The van der Waals surface area contributed by atoms with Crippen molar-refractivity contribution in [1.82, 2.24) is 0 Å². The number of thiol groups is 1. The van der Waals surface area contributed by atoms with E-state index in [0.29, 0.717) is 0 Å². The number of halogens is 1. The summed E-state index contributed by atoms with van der Waals surface area (Å²) in [5, 5.41) is 9.65. The Morgan fingerprint density at radius 3 is 2.27 bits per heavy atom. The normalized spacial score (nSPS) is 9.20. The van der Waals surface area contributed by atoms with Crippen LogP contribution in [0.3, 0.4) is 0 Å². The zero-order valence-electron chi connectivity index (χ0n) is 7.72. The molecule has 2 aromatic rings. The largest absolute Gasteiger partial charge is 0.469 e. The first-order chi connectivity index (χ1) is 7.11. The highest BCUT2D eigenvalue weighted by Gasteiger charge is 1.92. The van der Waals surface area contributed by atoms with Crippen molar-refractivity contribution in [3.63, 3.8) is 0 Å². The average molecular weight is 241 g/mol. The van der Waals surface area contributed by atoms with Gasteiger partial charge in [0.25, 0.3) is 0 Å². The molecule has 0 amide bonds. The van der Waals surface area contributed by atoms with Gasteiger partial charge in [0.05, 0.1) is 0 Å². The van der Waals surface area contributed by atoms with Gasteiger partial charge in [-0.2, -0.15) is 0 Å². The standard InChI is InChI=1S/C10H8S.CHClO2/c11-10-7-3-5-8-4-1-2-6-9(8)10;2-1(3)4/h1-7,11H;(H,3,4).